The molecule has 2 rings (SSSR count). The fourth-order valence-electron chi connectivity index (χ4n) is 1.12. The molecule has 0 saturated carbocycles. The maximum absolute atomic E-state index is 11.2. The summed E-state index contributed by atoms with van der Waals surface area (Å²) in [7, 11) is 0. The molecule has 0 aliphatic carbocycles. The fourth-order valence-corrected chi connectivity index (χ4v) is 1.12. The third kappa shape index (κ3) is 1.66. The van der Waals surface area contributed by atoms with Gasteiger partial charge in [-0.05, 0) is 6.07 Å². The molecule has 0 fully saturated rings. The van der Waals surface area contributed by atoms with Crippen LogP contribution in [0, 0.1) is 0 Å². The van der Waals surface area contributed by atoms with Gasteiger partial charge in [-0.15, -0.1) is 0 Å². The van der Waals surface area contributed by atoms with Gasteiger partial charge in [0.2, 0.25) is 0 Å². The summed E-state index contributed by atoms with van der Waals surface area (Å²) in [5.41, 5.74) is 1.37. The summed E-state index contributed by atoms with van der Waals surface area (Å²) in [5, 5.41) is 0. The Kier molecular flexibility index (Phi) is 1.96. The lowest BCUT2D eigenvalue weighted by Gasteiger charge is -1.93. The van der Waals surface area contributed by atoms with Gasteiger partial charge < -0.3 is 9.40 Å². The highest BCUT2D eigenvalue weighted by Crippen LogP contribution is 2.01. The highest BCUT2D eigenvalue weighted by atomic mass is 16.3. The Labute approximate surface area is 74.2 Å². The van der Waals surface area contributed by atoms with E-state index < -0.39 is 0 Å². The van der Waals surface area contributed by atoms with Gasteiger partial charge in [0.25, 0.3) is 5.56 Å². The van der Waals surface area contributed by atoms with Crippen LogP contribution in [-0.4, -0.2) is 9.97 Å². The van der Waals surface area contributed by atoms with E-state index in [1.165, 1.54) is 12.7 Å². The number of rotatable bonds is 2. The first-order chi connectivity index (χ1) is 6.36. The van der Waals surface area contributed by atoms with Crippen molar-refractivity contribution < 1.29 is 4.42 Å². The van der Waals surface area contributed by atoms with Gasteiger partial charge in [0.15, 0.2) is 6.39 Å². The van der Waals surface area contributed by atoms with Crippen LogP contribution in [0.15, 0.2) is 40.2 Å². The molecule has 1 N–H and O–H groups in total. The zero-order valence-electron chi connectivity index (χ0n) is 6.86. The maximum atomic E-state index is 11.2. The van der Waals surface area contributed by atoms with Gasteiger partial charge in [0.1, 0.15) is 6.26 Å². The normalized spacial score (nSPS) is 10.2. The molecule has 0 radical (unpaired) electrons. The molecule has 4 nitrogen and oxygen atoms in total. The van der Waals surface area contributed by atoms with Gasteiger partial charge in [-0.2, -0.15) is 0 Å². The summed E-state index contributed by atoms with van der Waals surface area (Å²) in [4.78, 5) is 17.8. The van der Waals surface area contributed by atoms with Crippen molar-refractivity contribution in [3.8, 4) is 0 Å². The highest BCUT2D eigenvalue weighted by molar-refractivity contribution is 5.15. The average Bonchev–Trinajstić information content (AvgIpc) is 2.61. The van der Waals surface area contributed by atoms with Crippen molar-refractivity contribution in [1.29, 1.82) is 0 Å². The Bertz CT molecular complexity index is 431. The number of H-pyrrole nitrogens is 1. The molecular formula is C9H8N2O2. The van der Waals surface area contributed by atoms with Crippen molar-refractivity contribution in [2.75, 3.05) is 0 Å². The van der Waals surface area contributed by atoms with Crippen molar-refractivity contribution in [2.24, 2.45) is 0 Å². The second-order valence-corrected chi connectivity index (χ2v) is 2.68. The zero-order chi connectivity index (χ0) is 9.10. The molecule has 0 unspecified atom stereocenters. The van der Waals surface area contributed by atoms with Gasteiger partial charge in [-0.25, -0.2) is 4.98 Å². The first-order valence-electron chi connectivity index (χ1n) is 3.90. The zero-order valence-corrected chi connectivity index (χ0v) is 6.86. The quantitative estimate of drug-likeness (QED) is 0.741. The molecule has 2 aromatic rings. The second kappa shape index (κ2) is 3.26. The van der Waals surface area contributed by atoms with Crippen LogP contribution in [0.4, 0.5) is 0 Å². The molecule has 0 aliphatic rings. The number of oxazole rings is 1. The van der Waals surface area contributed by atoms with Crippen LogP contribution in [-0.2, 0) is 6.42 Å². The second-order valence-electron chi connectivity index (χ2n) is 2.68. The lowest BCUT2D eigenvalue weighted by molar-refractivity contribution is 0.556. The lowest BCUT2D eigenvalue weighted by atomic mass is 10.2. The topological polar surface area (TPSA) is 58.9 Å². The summed E-state index contributed by atoms with van der Waals surface area (Å²) in [6.45, 7) is 0. The Balaban J connectivity index is 2.29. The molecule has 0 spiro atoms. The molecule has 2 aromatic heterocycles. The molecule has 2 heterocycles. The number of pyridine rings is 1. The average molecular weight is 176 g/mol. The molecule has 0 bridgehead atoms. The van der Waals surface area contributed by atoms with Gasteiger partial charge in [0, 0.05) is 18.2 Å². The van der Waals surface area contributed by atoms with E-state index in [0.717, 1.165) is 5.69 Å². The summed E-state index contributed by atoms with van der Waals surface area (Å²) < 4.78 is 4.80. The van der Waals surface area contributed by atoms with Crippen molar-refractivity contribution >= 4 is 0 Å². The number of hydrogen-bond donors (Lipinski definition) is 1. The van der Waals surface area contributed by atoms with Crippen LogP contribution in [0.3, 0.4) is 0 Å². The Morgan fingerprint density at radius 2 is 2.46 bits per heavy atom. The Morgan fingerprint density at radius 1 is 1.54 bits per heavy atom. The maximum Gasteiger partial charge on any atom is 0.251 e. The molecule has 0 amide bonds. The van der Waals surface area contributed by atoms with Crippen molar-refractivity contribution in [2.45, 2.75) is 6.42 Å². The van der Waals surface area contributed by atoms with Crippen molar-refractivity contribution in [3.63, 3.8) is 0 Å². The molecule has 66 valence electrons. The third-order valence-electron chi connectivity index (χ3n) is 1.75. The summed E-state index contributed by atoms with van der Waals surface area (Å²) in [6, 6.07) is 3.56. The van der Waals surface area contributed by atoms with E-state index in [1.807, 2.05) is 0 Å². The van der Waals surface area contributed by atoms with Crippen LogP contribution in [0.2, 0.25) is 0 Å². The first-order valence-corrected chi connectivity index (χ1v) is 3.90. The number of hydrogen-bond acceptors (Lipinski definition) is 3. The Hall–Kier alpha value is -1.84. The van der Waals surface area contributed by atoms with E-state index in [4.69, 9.17) is 4.42 Å². The summed E-state index contributed by atoms with van der Waals surface area (Å²) >= 11 is 0. The molecular weight excluding hydrogens is 168 g/mol. The van der Waals surface area contributed by atoms with Crippen LogP contribution in [0.1, 0.15) is 11.3 Å². The van der Waals surface area contributed by atoms with Crippen LogP contribution in [0.5, 0.6) is 0 Å². The van der Waals surface area contributed by atoms with Crippen LogP contribution < -0.4 is 5.56 Å². The highest BCUT2D eigenvalue weighted by Gasteiger charge is 2.01. The van der Waals surface area contributed by atoms with E-state index in [1.54, 1.807) is 18.3 Å². The minimum atomic E-state index is -0.0782. The van der Waals surface area contributed by atoms with Crippen LogP contribution in [0.25, 0.3) is 0 Å². The third-order valence-corrected chi connectivity index (χ3v) is 1.75. The van der Waals surface area contributed by atoms with Gasteiger partial charge >= 0.3 is 0 Å². The van der Waals surface area contributed by atoms with Gasteiger partial charge in [-0.1, -0.05) is 6.07 Å². The van der Waals surface area contributed by atoms with E-state index in [9.17, 15) is 4.79 Å². The number of aromatic amines is 1. The smallest absolute Gasteiger partial charge is 0.251 e. The van der Waals surface area contributed by atoms with Crippen molar-refractivity contribution in [3.05, 3.63) is 52.6 Å². The minimum absolute atomic E-state index is 0.0782. The SMILES string of the molecule is O=c1[nH]cccc1Cc1cocn1. The molecule has 13 heavy (non-hydrogen) atoms. The predicted molar refractivity (Wildman–Crippen MR) is 46.4 cm³/mol. The number of nitrogens with zero attached hydrogens (tertiary/aromatic N) is 1. The number of nitrogens with one attached hydrogen (secondary N) is 1. The van der Waals surface area contributed by atoms with E-state index >= 15 is 0 Å². The van der Waals surface area contributed by atoms with Gasteiger partial charge in [-0.3, -0.25) is 4.79 Å². The summed E-state index contributed by atoms with van der Waals surface area (Å²) in [5.74, 6) is 0. The van der Waals surface area contributed by atoms with Gasteiger partial charge in [0.05, 0.1) is 5.69 Å². The molecule has 4 heteroatoms. The molecule has 0 atom stereocenters. The number of aromatic nitrogens is 2. The molecule has 0 aromatic carbocycles. The van der Waals surface area contributed by atoms with E-state index in [0.29, 0.717) is 12.0 Å². The molecule has 0 saturated heterocycles. The molecule has 0 aliphatic heterocycles. The minimum Gasteiger partial charge on any atom is -0.451 e. The first kappa shape index (κ1) is 7.79. The standard InChI is InChI=1S/C9H8N2O2/c12-9-7(2-1-3-10-9)4-8-5-13-6-11-8/h1-3,5-6H,4H2,(H,10,12). The Morgan fingerprint density at radius 3 is 3.15 bits per heavy atom. The van der Waals surface area contributed by atoms with Crippen LogP contribution >= 0.6 is 0 Å². The van der Waals surface area contributed by atoms with E-state index in [2.05, 4.69) is 9.97 Å². The lowest BCUT2D eigenvalue weighted by Crippen LogP contribution is -2.11. The predicted octanol–water partition coefficient (Wildman–Crippen LogP) is 0.954. The monoisotopic (exact) mass is 176 g/mol. The fraction of sp³-hybridized carbons (Fsp3) is 0.111. The summed E-state index contributed by atoms with van der Waals surface area (Å²) in [6.07, 6.45) is 5.00. The van der Waals surface area contributed by atoms with E-state index in [-0.39, 0.29) is 5.56 Å². The van der Waals surface area contributed by atoms with Crippen molar-refractivity contribution in [1.82, 2.24) is 9.97 Å². The largest absolute Gasteiger partial charge is 0.451 e.